The molecule has 0 aromatic carbocycles. The average Bonchev–Trinajstić information content (AvgIpc) is 2.78. The molecule has 2 heterocycles. The lowest BCUT2D eigenvalue weighted by Crippen LogP contribution is -2.19. The second kappa shape index (κ2) is 5.67. The van der Waals surface area contributed by atoms with Gasteiger partial charge in [-0.05, 0) is 37.4 Å². The molecule has 0 aliphatic carbocycles. The lowest BCUT2D eigenvalue weighted by molar-refractivity contribution is 0.318. The van der Waals surface area contributed by atoms with E-state index < -0.39 is 0 Å². The van der Waals surface area contributed by atoms with Gasteiger partial charge in [-0.3, -0.25) is 4.90 Å². The van der Waals surface area contributed by atoms with Gasteiger partial charge in [0.2, 0.25) is 0 Å². The molecule has 1 aromatic rings. The van der Waals surface area contributed by atoms with E-state index in [9.17, 15) is 0 Å². The van der Waals surface area contributed by atoms with E-state index in [1.165, 1.54) is 30.8 Å². The molecule has 2 rings (SSSR count). The van der Waals surface area contributed by atoms with E-state index in [4.69, 9.17) is 11.6 Å². The van der Waals surface area contributed by atoms with Crippen LogP contribution in [0.3, 0.4) is 0 Å². The molecular weight excluding hydrogens is 294 g/mol. The van der Waals surface area contributed by atoms with Crippen molar-refractivity contribution >= 4 is 38.9 Å². The number of likely N-dealkylation sites (tertiary alicyclic amines) is 1. The van der Waals surface area contributed by atoms with E-state index in [1.54, 1.807) is 11.3 Å². The maximum Gasteiger partial charge on any atom is 0.0931 e. The zero-order valence-electron chi connectivity index (χ0n) is 8.59. The fraction of sp³-hybridized carbons (Fsp3) is 0.636. The van der Waals surface area contributed by atoms with Crippen molar-refractivity contribution in [2.75, 3.05) is 18.4 Å². The standard InChI is InChI=1S/C11H15BrClNS/c12-5-3-9-4-6-14(7-9)8-10-1-2-11(13)15-10/h1-2,9H,3-8H2. The Kier molecular flexibility index (Phi) is 4.50. The normalized spacial score (nSPS) is 22.4. The monoisotopic (exact) mass is 307 g/mol. The van der Waals surface area contributed by atoms with E-state index in [1.807, 2.05) is 6.07 Å². The molecule has 1 unspecified atom stereocenters. The van der Waals surface area contributed by atoms with Crippen LogP contribution in [0.1, 0.15) is 17.7 Å². The second-order valence-electron chi connectivity index (χ2n) is 4.07. The van der Waals surface area contributed by atoms with Crippen LogP contribution in [0.4, 0.5) is 0 Å². The van der Waals surface area contributed by atoms with Crippen molar-refractivity contribution in [2.24, 2.45) is 5.92 Å². The summed E-state index contributed by atoms with van der Waals surface area (Å²) in [5, 5.41) is 1.14. The first-order valence-corrected chi connectivity index (χ1v) is 7.62. The van der Waals surface area contributed by atoms with Gasteiger partial charge in [-0.25, -0.2) is 0 Å². The van der Waals surface area contributed by atoms with Crippen LogP contribution in [-0.2, 0) is 6.54 Å². The van der Waals surface area contributed by atoms with E-state index in [0.717, 1.165) is 22.1 Å². The fourth-order valence-electron chi connectivity index (χ4n) is 2.10. The SMILES string of the molecule is Clc1ccc(CN2CCC(CCBr)C2)s1. The lowest BCUT2D eigenvalue weighted by Gasteiger charge is -2.14. The van der Waals surface area contributed by atoms with Gasteiger partial charge in [0.15, 0.2) is 0 Å². The van der Waals surface area contributed by atoms with Crippen molar-refractivity contribution in [3.63, 3.8) is 0 Å². The van der Waals surface area contributed by atoms with E-state index in [2.05, 4.69) is 26.9 Å². The van der Waals surface area contributed by atoms with E-state index in [0.29, 0.717) is 0 Å². The Morgan fingerprint density at radius 2 is 2.40 bits per heavy atom. The number of rotatable bonds is 4. The molecule has 0 spiro atoms. The highest BCUT2D eigenvalue weighted by molar-refractivity contribution is 9.09. The Bertz CT molecular complexity index is 315. The lowest BCUT2D eigenvalue weighted by atomic mass is 10.1. The van der Waals surface area contributed by atoms with Gasteiger partial charge in [0.05, 0.1) is 4.34 Å². The van der Waals surface area contributed by atoms with Crippen molar-refractivity contribution in [1.29, 1.82) is 0 Å². The molecule has 1 saturated heterocycles. The summed E-state index contributed by atoms with van der Waals surface area (Å²) >= 11 is 11.1. The fourth-order valence-corrected chi connectivity index (χ4v) is 3.88. The first kappa shape index (κ1) is 11.9. The number of hydrogen-bond acceptors (Lipinski definition) is 2. The van der Waals surface area contributed by atoms with Gasteiger partial charge in [-0.15, -0.1) is 11.3 Å². The highest BCUT2D eigenvalue weighted by Gasteiger charge is 2.21. The third kappa shape index (κ3) is 3.45. The molecule has 84 valence electrons. The van der Waals surface area contributed by atoms with Crippen LogP contribution in [0.15, 0.2) is 12.1 Å². The van der Waals surface area contributed by atoms with Gasteiger partial charge >= 0.3 is 0 Å². The van der Waals surface area contributed by atoms with Gasteiger partial charge < -0.3 is 0 Å². The molecule has 1 atom stereocenters. The summed E-state index contributed by atoms with van der Waals surface area (Å²) in [4.78, 5) is 3.93. The predicted octanol–water partition coefficient (Wildman–Crippen LogP) is 4.01. The minimum atomic E-state index is 0.889. The molecule has 0 amide bonds. The molecule has 1 nitrogen and oxygen atoms in total. The van der Waals surface area contributed by atoms with Gasteiger partial charge in [0.25, 0.3) is 0 Å². The molecule has 0 radical (unpaired) electrons. The molecule has 4 heteroatoms. The van der Waals surface area contributed by atoms with Gasteiger partial charge in [0, 0.05) is 23.3 Å². The number of nitrogens with zero attached hydrogens (tertiary/aromatic N) is 1. The summed E-state index contributed by atoms with van der Waals surface area (Å²) in [7, 11) is 0. The van der Waals surface area contributed by atoms with Crippen LogP contribution in [0.5, 0.6) is 0 Å². The van der Waals surface area contributed by atoms with Gasteiger partial charge in [0.1, 0.15) is 0 Å². The van der Waals surface area contributed by atoms with E-state index in [-0.39, 0.29) is 0 Å². The summed E-state index contributed by atoms with van der Waals surface area (Å²) in [6.07, 6.45) is 2.66. The molecule has 1 fully saturated rings. The quantitative estimate of drug-likeness (QED) is 0.760. The molecule has 1 aliphatic heterocycles. The molecule has 1 aromatic heterocycles. The molecule has 0 bridgehead atoms. The summed E-state index contributed by atoms with van der Waals surface area (Å²) < 4.78 is 0.904. The average molecular weight is 309 g/mol. The molecule has 0 saturated carbocycles. The Labute approximate surface area is 109 Å². The topological polar surface area (TPSA) is 3.24 Å². The Morgan fingerprint density at radius 3 is 3.07 bits per heavy atom. The third-order valence-electron chi connectivity index (χ3n) is 2.90. The van der Waals surface area contributed by atoms with Crippen LogP contribution >= 0.6 is 38.9 Å². The molecular formula is C11H15BrClNS. The Hall–Kier alpha value is 0.430. The first-order chi connectivity index (χ1) is 7.28. The van der Waals surface area contributed by atoms with E-state index >= 15 is 0 Å². The van der Waals surface area contributed by atoms with Crippen molar-refractivity contribution in [1.82, 2.24) is 4.90 Å². The smallest absolute Gasteiger partial charge is 0.0931 e. The predicted molar refractivity (Wildman–Crippen MR) is 71.1 cm³/mol. The minimum Gasteiger partial charge on any atom is -0.298 e. The van der Waals surface area contributed by atoms with Gasteiger partial charge in [-0.2, -0.15) is 0 Å². The van der Waals surface area contributed by atoms with Crippen LogP contribution in [0, 0.1) is 5.92 Å². The van der Waals surface area contributed by atoms with Crippen LogP contribution in [0.25, 0.3) is 0 Å². The number of halogens is 2. The highest BCUT2D eigenvalue weighted by Crippen LogP contribution is 2.26. The number of thiophene rings is 1. The minimum absolute atomic E-state index is 0.889. The Morgan fingerprint density at radius 1 is 1.53 bits per heavy atom. The highest BCUT2D eigenvalue weighted by atomic mass is 79.9. The third-order valence-corrected chi connectivity index (χ3v) is 4.57. The maximum atomic E-state index is 5.92. The zero-order valence-corrected chi connectivity index (χ0v) is 11.7. The van der Waals surface area contributed by atoms with Crippen molar-refractivity contribution in [3.8, 4) is 0 Å². The molecule has 1 aliphatic rings. The first-order valence-electron chi connectivity index (χ1n) is 5.30. The summed E-state index contributed by atoms with van der Waals surface area (Å²) in [6, 6.07) is 4.14. The van der Waals surface area contributed by atoms with Crippen LogP contribution in [0.2, 0.25) is 4.34 Å². The molecule has 0 N–H and O–H groups in total. The number of alkyl halides is 1. The second-order valence-corrected chi connectivity index (χ2v) is 6.67. The largest absolute Gasteiger partial charge is 0.298 e. The van der Waals surface area contributed by atoms with Crippen LogP contribution in [-0.4, -0.2) is 23.3 Å². The Balaban J connectivity index is 1.82. The molecule has 15 heavy (non-hydrogen) atoms. The summed E-state index contributed by atoms with van der Waals surface area (Å²) in [6.45, 7) is 3.57. The maximum absolute atomic E-state index is 5.92. The van der Waals surface area contributed by atoms with Crippen molar-refractivity contribution in [2.45, 2.75) is 19.4 Å². The number of hydrogen-bond donors (Lipinski definition) is 0. The van der Waals surface area contributed by atoms with Crippen molar-refractivity contribution < 1.29 is 0 Å². The van der Waals surface area contributed by atoms with Crippen molar-refractivity contribution in [3.05, 3.63) is 21.3 Å². The summed E-state index contributed by atoms with van der Waals surface area (Å²) in [5.74, 6) is 0.889. The zero-order chi connectivity index (χ0) is 10.7. The summed E-state index contributed by atoms with van der Waals surface area (Å²) in [5.41, 5.74) is 0. The van der Waals surface area contributed by atoms with Crippen LogP contribution < -0.4 is 0 Å². The van der Waals surface area contributed by atoms with Gasteiger partial charge in [-0.1, -0.05) is 27.5 Å².